The van der Waals surface area contributed by atoms with Crippen LogP contribution in [0.25, 0.3) is 0 Å². The summed E-state index contributed by atoms with van der Waals surface area (Å²) >= 11 is 0. The summed E-state index contributed by atoms with van der Waals surface area (Å²) in [4.78, 5) is 37.6. The molecule has 0 heterocycles. The molecule has 3 aromatic carbocycles. The Bertz CT molecular complexity index is 1500. The Morgan fingerprint density at radius 1 is 0.932 bits per heavy atom. The highest BCUT2D eigenvalue weighted by Gasteiger charge is 2.28. The van der Waals surface area contributed by atoms with Crippen LogP contribution in [0, 0.1) is 10.1 Å². The van der Waals surface area contributed by atoms with Gasteiger partial charge in [0, 0.05) is 27.2 Å². The summed E-state index contributed by atoms with van der Waals surface area (Å²) in [6.45, 7) is 0.258. The number of nitrogens with two attached hydrogens (primary N) is 1. The molecule has 0 bridgehead atoms. The minimum Gasteiger partial charge on any atom is -0.371 e. The summed E-state index contributed by atoms with van der Waals surface area (Å²) in [6, 6.07) is 23.6. The molecule has 3 aromatic rings. The molecule has 14 nitrogen and oxygen atoms in total. The number of hydrazone groups is 1. The van der Waals surface area contributed by atoms with Gasteiger partial charge in [0.25, 0.3) is 5.96 Å². The molecule has 1 atom stereocenters. The maximum atomic E-state index is 13.7. The molecule has 5 N–H and O–H groups in total. The first-order valence-corrected chi connectivity index (χ1v) is 14.9. The number of nitrogens with zero attached hydrogens (tertiary/aromatic N) is 3. The molecule has 0 spiro atoms. The van der Waals surface area contributed by atoms with Crippen molar-refractivity contribution in [2.75, 3.05) is 20.6 Å². The normalized spacial score (nSPS) is 12.4. The van der Waals surface area contributed by atoms with E-state index in [0.717, 1.165) is 15.4 Å². The lowest BCUT2D eigenvalue weighted by atomic mass is 9.90. The third-order valence-corrected chi connectivity index (χ3v) is 7.66. The van der Waals surface area contributed by atoms with Crippen molar-refractivity contribution >= 4 is 28.1 Å². The van der Waals surface area contributed by atoms with Crippen molar-refractivity contribution in [1.82, 2.24) is 20.3 Å². The van der Waals surface area contributed by atoms with Crippen LogP contribution in [0.4, 0.5) is 0 Å². The molecule has 15 heteroatoms. The Kier molecular flexibility index (Phi) is 12.2. The number of carbonyl (C=O) groups is 2. The molecule has 0 aromatic heterocycles. The molecular weight excluding hydrogens is 590 g/mol. The Hall–Kier alpha value is -5.02. The Morgan fingerprint density at radius 3 is 2.02 bits per heavy atom. The number of rotatable bonds is 15. The van der Waals surface area contributed by atoms with E-state index in [1.807, 2.05) is 60.7 Å². The van der Waals surface area contributed by atoms with E-state index >= 15 is 0 Å². The summed E-state index contributed by atoms with van der Waals surface area (Å²) in [7, 11) is -1.22. The van der Waals surface area contributed by atoms with Crippen LogP contribution >= 0.6 is 0 Å². The summed E-state index contributed by atoms with van der Waals surface area (Å²) < 4.78 is 29.9. The first-order chi connectivity index (χ1) is 21.0. The molecule has 0 aliphatic carbocycles. The number of nitro groups is 1. The molecule has 0 radical (unpaired) electrons. The third-order valence-electron chi connectivity index (χ3n) is 6.36. The van der Waals surface area contributed by atoms with Crippen molar-refractivity contribution in [3.63, 3.8) is 0 Å². The zero-order valence-electron chi connectivity index (χ0n) is 24.3. The van der Waals surface area contributed by atoms with Gasteiger partial charge in [-0.15, -0.1) is 0 Å². The van der Waals surface area contributed by atoms with Crippen LogP contribution in [0.3, 0.4) is 0 Å². The number of hydrogen-bond donors (Lipinski definition) is 4. The van der Waals surface area contributed by atoms with Gasteiger partial charge >= 0.3 is 10.3 Å². The second-order valence-corrected chi connectivity index (χ2v) is 11.5. The predicted octanol–water partition coefficient (Wildman–Crippen LogP) is 1.68. The fourth-order valence-electron chi connectivity index (χ4n) is 4.13. The molecular formula is C29H35N7O7S. The number of hydrogen-bond acceptors (Lipinski definition) is 7. The highest BCUT2D eigenvalue weighted by atomic mass is 32.2. The first kappa shape index (κ1) is 33.5. The lowest BCUT2D eigenvalue weighted by Gasteiger charge is -2.23. The van der Waals surface area contributed by atoms with E-state index < -0.39 is 33.2 Å². The molecule has 0 saturated carbocycles. The van der Waals surface area contributed by atoms with E-state index in [-0.39, 0.29) is 37.1 Å². The lowest BCUT2D eigenvalue weighted by Crippen LogP contribution is -2.48. The first-order valence-electron chi connectivity index (χ1n) is 13.6. The number of nitrogens with one attached hydrogen (secondary N) is 3. The van der Waals surface area contributed by atoms with E-state index in [1.54, 1.807) is 12.1 Å². The molecule has 44 heavy (non-hydrogen) atoms. The van der Waals surface area contributed by atoms with Crippen LogP contribution in [0.1, 0.15) is 35.4 Å². The molecule has 2 amide bonds. The van der Waals surface area contributed by atoms with Crippen LogP contribution in [-0.2, 0) is 26.4 Å². The molecule has 0 aliphatic heterocycles. The number of benzene rings is 3. The van der Waals surface area contributed by atoms with Gasteiger partial charge in [0.05, 0.1) is 5.92 Å². The Morgan fingerprint density at radius 2 is 1.50 bits per heavy atom. The van der Waals surface area contributed by atoms with Gasteiger partial charge in [-0.25, -0.2) is 10.1 Å². The number of carbonyl (C=O) groups excluding carboxylic acids is 2. The lowest BCUT2D eigenvalue weighted by molar-refractivity contribution is -0.485. The van der Waals surface area contributed by atoms with Gasteiger partial charge in [-0.2, -0.15) is 12.7 Å². The van der Waals surface area contributed by atoms with Gasteiger partial charge in [-0.3, -0.25) is 9.59 Å². The fourth-order valence-corrected chi connectivity index (χ4v) is 4.63. The van der Waals surface area contributed by atoms with Crippen LogP contribution in [-0.4, -0.2) is 62.2 Å². The van der Waals surface area contributed by atoms with Crippen molar-refractivity contribution in [3.8, 4) is 5.75 Å². The number of guanidine groups is 1. The SMILES string of the molecule is CN(C)S(=O)(=O)Oc1ccc(CNC(=O)[C@@H](CCCN/C(N)=N\[N+](=O)[O-])NC(=O)C(c2ccccc2)c2ccccc2)cc1. The summed E-state index contributed by atoms with van der Waals surface area (Å²) in [6.07, 6.45) is 0.502. The monoisotopic (exact) mass is 625 g/mol. The van der Waals surface area contributed by atoms with Crippen molar-refractivity contribution in [3.05, 3.63) is 112 Å². The van der Waals surface area contributed by atoms with Gasteiger partial charge in [-0.1, -0.05) is 72.8 Å². The van der Waals surface area contributed by atoms with E-state index in [1.165, 1.54) is 26.2 Å². The van der Waals surface area contributed by atoms with E-state index in [2.05, 4.69) is 21.1 Å². The average Bonchev–Trinajstić information content (AvgIpc) is 2.99. The fraction of sp³-hybridized carbons (Fsp3) is 0.276. The quantitative estimate of drug-likeness (QED) is 0.0638. The van der Waals surface area contributed by atoms with E-state index in [4.69, 9.17) is 9.92 Å². The largest absolute Gasteiger partial charge is 0.384 e. The van der Waals surface area contributed by atoms with Crippen molar-refractivity contribution in [1.29, 1.82) is 0 Å². The highest BCUT2D eigenvalue weighted by Crippen LogP contribution is 2.25. The third kappa shape index (κ3) is 10.4. The summed E-state index contributed by atoms with van der Waals surface area (Å²) in [5.74, 6) is -1.79. The summed E-state index contributed by atoms with van der Waals surface area (Å²) in [5, 5.41) is 20.9. The molecule has 0 fully saturated rings. The van der Waals surface area contributed by atoms with Crippen LogP contribution in [0.15, 0.2) is 90.0 Å². The zero-order chi connectivity index (χ0) is 32.1. The number of amides is 2. The standard InChI is InChI=1S/C29H35N7O7S/c1-35(2)44(41,42)43-24-17-15-21(16-18-24)20-32-27(37)25(14-9-19-31-29(30)34-36(39)40)33-28(38)26(22-10-5-3-6-11-22)23-12-7-4-8-13-23/h3-8,10-13,15-18,25-26H,9,14,19-20H2,1-2H3,(H,32,37)(H,33,38)(H3,30,31,34)/t25-/m1/s1. The van der Waals surface area contributed by atoms with Crippen molar-refractivity contribution in [2.24, 2.45) is 10.8 Å². The maximum absolute atomic E-state index is 13.7. The average molecular weight is 626 g/mol. The van der Waals surface area contributed by atoms with E-state index in [0.29, 0.717) is 12.0 Å². The van der Waals surface area contributed by atoms with Crippen LogP contribution < -0.4 is 25.9 Å². The minimum absolute atomic E-state index is 0.0907. The minimum atomic E-state index is -3.91. The second-order valence-electron chi connectivity index (χ2n) is 9.79. The van der Waals surface area contributed by atoms with Crippen molar-refractivity contribution < 1.29 is 27.2 Å². The van der Waals surface area contributed by atoms with Gasteiger partial charge in [0.2, 0.25) is 11.8 Å². The molecule has 3 rings (SSSR count). The molecule has 234 valence electrons. The smallest absolute Gasteiger partial charge is 0.371 e. The Labute approximate surface area is 255 Å². The van der Waals surface area contributed by atoms with Gasteiger partial charge in [0.1, 0.15) is 16.9 Å². The predicted molar refractivity (Wildman–Crippen MR) is 164 cm³/mol. The Balaban J connectivity index is 1.73. The molecule has 0 unspecified atom stereocenters. The van der Waals surface area contributed by atoms with Gasteiger partial charge < -0.3 is 25.9 Å². The zero-order valence-corrected chi connectivity index (χ0v) is 25.1. The molecule has 0 aliphatic rings. The topological polar surface area (TPSA) is 198 Å². The summed E-state index contributed by atoms with van der Waals surface area (Å²) in [5.41, 5.74) is 7.64. The van der Waals surface area contributed by atoms with E-state index in [9.17, 15) is 28.1 Å². The van der Waals surface area contributed by atoms with Crippen LogP contribution in [0.2, 0.25) is 0 Å². The van der Waals surface area contributed by atoms with Crippen LogP contribution in [0.5, 0.6) is 5.75 Å². The van der Waals surface area contributed by atoms with Crippen molar-refractivity contribution in [2.45, 2.75) is 31.3 Å². The maximum Gasteiger partial charge on any atom is 0.384 e. The van der Waals surface area contributed by atoms with Gasteiger partial charge in [-0.05, 0) is 41.7 Å². The highest BCUT2D eigenvalue weighted by molar-refractivity contribution is 7.84. The molecule has 0 saturated heterocycles. The van der Waals surface area contributed by atoms with Gasteiger partial charge in [0.15, 0.2) is 5.03 Å². The second kappa shape index (κ2) is 16.0.